The summed E-state index contributed by atoms with van der Waals surface area (Å²) in [5.74, 6) is 0. The summed E-state index contributed by atoms with van der Waals surface area (Å²) in [6, 6.07) is 17.1. The van der Waals surface area contributed by atoms with E-state index in [1.54, 1.807) is 0 Å². The highest BCUT2D eigenvalue weighted by Crippen LogP contribution is 2.21. The first-order valence-electron chi connectivity index (χ1n) is 6.99. The number of rotatable bonds is 4. The summed E-state index contributed by atoms with van der Waals surface area (Å²) >= 11 is 0. The number of nitrogens with one attached hydrogen (secondary N) is 1. The van der Waals surface area contributed by atoms with Crippen LogP contribution in [0.15, 0.2) is 59.2 Å². The first-order chi connectivity index (χ1) is 9.74. The van der Waals surface area contributed by atoms with Crippen LogP contribution in [0.4, 0.5) is 0 Å². The second-order valence-corrected chi connectivity index (χ2v) is 5.27. The van der Waals surface area contributed by atoms with Gasteiger partial charge in [-0.3, -0.25) is 0 Å². The molecule has 0 bridgehead atoms. The van der Waals surface area contributed by atoms with Crippen LogP contribution < -0.4 is 5.32 Å². The van der Waals surface area contributed by atoms with E-state index in [2.05, 4.69) is 49.5 Å². The van der Waals surface area contributed by atoms with Gasteiger partial charge in [0.25, 0.3) is 0 Å². The minimum absolute atomic E-state index is 0.323. The number of hydrogen-bond acceptors (Lipinski definition) is 2. The molecule has 0 fully saturated rings. The molecule has 1 heterocycles. The largest absolute Gasteiger partial charge is 0.464 e. The minimum atomic E-state index is 0.323. The summed E-state index contributed by atoms with van der Waals surface area (Å²) in [5.41, 5.74) is 4.76. The van der Waals surface area contributed by atoms with Crippen LogP contribution in [-0.4, -0.2) is 0 Å². The summed E-state index contributed by atoms with van der Waals surface area (Å²) in [7, 11) is 0. The van der Waals surface area contributed by atoms with Crippen LogP contribution in [0.25, 0.3) is 11.0 Å². The summed E-state index contributed by atoms with van der Waals surface area (Å²) in [6.07, 6.45) is 1.85. The van der Waals surface area contributed by atoms with Crippen LogP contribution in [-0.2, 0) is 6.54 Å². The lowest BCUT2D eigenvalue weighted by molar-refractivity contribution is 0.562. The van der Waals surface area contributed by atoms with E-state index in [-0.39, 0.29) is 0 Å². The number of furan rings is 1. The second-order valence-electron chi connectivity index (χ2n) is 5.27. The molecule has 0 aliphatic carbocycles. The van der Waals surface area contributed by atoms with Gasteiger partial charge in [-0.25, -0.2) is 0 Å². The highest BCUT2D eigenvalue weighted by Gasteiger charge is 2.08. The van der Waals surface area contributed by atoms with Gasteiger partial charge in [0, 0.05) is 23.5 Å². The number of benzene rings is 2. The number of hydrogen-bond donors (Lipinski definition) is 1. The molecule has 3 rings (SSSR count). The molecular weight excluding hydrogens is 246 g/mol. The maximum atomic E-state index is 5.56. The molecule has 2 heteroatoms. The minimum Gasteiger partial charge on any atom is -0.464 e. The Balaban J connectivity index is 1.71. The van der Waals surface area contributed by atoms with Gasteiger partial charge in [0.2, 0.25) is 0 Å². The average molecular weight is 265 g/mol. The van der Waals surface area contributed by atoms with Crippen LogP contribution >= 0.6 is 0 Å². The van der Waals surface area contributed by atoms with Crippen LogP contribution in [0, 0.1) is 6.92 Å². The van der Waals surface area contributed by atoms with Crippen molar-refractivity contribution in [1.82, 2.24) is 5.32 Å². The zero-order valence-corrected chi connectivity index (χ0v) is 11.9. The summed E-state index contributed by atoms with van der Waals surface area (Å²) in [5, 5.41) is 4.74. The van der Waals surface area contributed by atoms with Gasteiger partial charge in [-0.15, -0.1) is 0 Å². The Kier molecular flexibility index (Phi) is 3.57. The monoisotopic (exact) mass is 265 g/mol. The van der Waals surface area contributed by atoms with Crippen LogP contribution in [0.2, 0.25) is 0 Å². The zero-order chi connectivity index (χ0) is 13.9. The highest BCUT2D eigenvalue weighted by atomic mass is 16.3. The van der Waals surface area contributed by atoms with Crippen molar-refractivity contribution in [3.63, 3.8) is 0 Å². The van der Waals surface area contributed by atoms with E-state index in [9.17, 15) is 0 Å². The maximum absolute atomic E-state index is 5.56. The number of aryl methyl sites for hydroxylation is 1. The molecule has 2 nitrogen and oxygen atoms in total. The van der Waals surface area contributed by atoms with Crippen molar-refractivity contribution in [2.45, 2.75) is 26.4 Å². The molecule has 102 valence electrons. The fourth-order valence-electron chi connectivity index (χ4n) is 2.41. The molecule has 1 atom stereocenters. The Bertz CT molecular complexity index is 697. The van der Waals surface area contributed by atoms with Gasteiger partial charge < -0.3 is 9.73 Å². The van der Waals surface area contributed by atoms with E-state index < -0.39 is 0 Å². The summed E-state index contributed by atoms with van der Waals surface area (Å²) in [6.45, 7) is 5.11. The standard InChI is InChI=1S/C18H19NO/c1-13-7-9-15(10-8-13)14(2)19-11-16-12-20-18-6-4-3-5-17(16)18/h3-10,12,14,19H,11H2,1-2H3/t14-/m1/s1. The predicted octanol–water partition coefficient (Wildman–Crippen LogP) is 4.59. The average Bonchev–Trinajstić information content (AvgIpc) is 2.89. The van der Waals surface area contributed by atoms with E-state index in [1.165, 1.54) is 22.1 Å². The third kappa shape index (κ3) is 2.61. The third-order valence-electron chi connectivity index (χ3n) is 3.74. The van der Waals surface area contributed by atoms with E-state index in [0.717, 1.165) is 12.1 Å². The first kappa shape index (κ1) is 12.9. The molecule has 0 saturated heterocycles. The molecule has 0 unspecified atom stereocenters. The Morgan fingerprint density at radius 2 is 1.80 bits per heavy atom. The van der Waals surface area contributed by atoms with Crippen molar-refractivity contribution in [1.29, 1.82) is 0 Å². The van der Waals surface area contributed by atoms with Crippen molar-refractivity contribution in [2.75, 3.05) is 0 Å². The summed E-state index contributed by atoms with van der Waals surface area (Å²) in [4.78, 5) is 0. The molecule has 20 heavy (non-hydrogen) atoms. The zero-order valence-electron chi connectivity index (χ0n) is 11.9. The Morgan fingerprint density at radius 1 is 1.05 bits per heavy atom. The van der Waals surface area contributed by atoms with Gasteiger partial charge in [0.1, 0.15) is 5.58 Å². The maximum Gasteiger partial charge on any atom is 0.134 e. The van der Waals surface area contributed by atoms with Gasteiger partial charge in [0.15, 0.2) is 0 Å². The van der Waals surface area contributed by atoms with E-state index in [4.69, 9.17) is 4.42 Å². The fourth-order valence-corrected chi connectivity index (χ4v) is 2.41. The Morgan fingerprint density at radius 3 is 2.60 bits per heavy atom. The van der Waals surface area contributed by atoms with E-state index >= 15 is 0 Å². The Labute approximate surface area is 119 Å². The van der Waals surface area contributed by atoms with Gasteiger partial charge in [-0.1, -0.05) is 48.0 Å². The van der Waals surface area contributed by atoms with Crippen molar-refractivity contribution < 1.29 is 4.42 Å². The van der Waals surface area contributed by atoms with Gasteiger partial charge in [-0.05, 0) is 25.5 Å². The molecular formula is C18H19NO. The third-order valence-corrected chi connectivity index (χ3v) is 3.74. The molecule has 2 aromatic carbocycles. The molecule has 0 saturated carbocycles. The highest BCUT2D eigenvalue weighted by molar-refractivity contribution is 5.80. The van der Waals surface area contributed by atoms with Crippen molar-refractivity contribution in [3.8, 4) is 0 Å². The molecule has 0 aliphatic rings. The predicted molar refractivity (Wildman–Crippen MR) is 82.6 cm³/mol. The number of fused-ring (bicyclic) bond motifs is 1. The number of para-hydroxylation sites is 1. The summed E-state index contributed by atoms with van der Waals surface area (Å²) < 4.78 is 5.56. The van der Waals surface area contributed by atoms with Crippen LogP contribution in [0.1, 0.15) is 29.7 Å². The molecule has 1 aromatic heterocycles. The Hall–Kier alpha value is -2.06. The van der Waals surface area contributed by atoms with E-state index in [0.29, 0.717) is 6.04 Å². The van der Waals surface area contributed by atoms with Gasteiger partial charge in [-0.2, -0.15) is 0 Å². The molecule has 0 radical (unpaired) electrons. The SMILES string of the molecule is Cc1ccc([C@@H](C)NCc2coc3ccccc23)cc1. The lowest BCUT2D eigenvalue weighted by Crippen LogP contribution is -2.17. The lowest BCUT2D eigenvalue weighted by Gasteiger charge is -2.14. The van der Waals surface area contributed by atoms with Crippen molar-refractivity contribution in [2.24, 2.45) is 0 Å². The molecule has 3 aromatic rings. The normalized spacial score (nSPS) is 12.7. The van der Waals surface area contributed by atoms with E-state index in [1.807, 2.05) is 24.5 Å². The molecule has 0 amide bonds. The van der Waals surface area contributed by atoms with Crippen molar-refractivity contribution in [3.05, 3.63) is 71.5 Å². The smallest absolute Gasteiger partial charge is 0.134 e. The first-order valence-corrected chi connectivity index (χ1v) is 6.99. The van der Waals surface area contributed by atoms with Crippen LogP contribution in [0.3, 0.4) is 0 Å². The van der Waals surface area contributed by atoms with Gasteiger partial charge in [0.05, 0.1) is 6.26 Å². The molecule has 1 N–H and O–H groups in total. The fraction of sp³-hybridized carbons (Fsp3) is 0.222. The van der Waals surface area contributed by atoms with Crippen molar-refractivity contribution >= 4 is 11.0 Å². The topological polar surface area (TPSA) is 25.2 Å². The lowest BCUT2D eigenvalue weighted by atomic mass is 10.1. The van der Waals surface area contributed by atoms with Gasteiger partial charge >= 0.3 is 0 Å². The quantitative estimate of drug-likeness (QED) is 0.746. The molecule has 0 spiro atoms. The second kappa shape index (κ2) is 5.51. The van der Waals surface area contributed by atoms with Crippen LogP contribution in [0.5, 0.6) is 0 Å². The molecule has 0 aliphatic heterocycles.